The van der Waals surface area contributed by atoms with E-state index in [9.17, 15) is 4.79 Å². The SMILES string of the molecule is CN1CCC(NC(=O)c2cccc(Cl)c2N)CC1. The summed E-state index contributed by atoms with van der Waals surface area (Å²) < 4.78 is 0. The third kappa shape index (κ3) is 2.94. The van der Waals surface area contributed by atoms with Gasteiger partial charge in [0, 0.05) is 6.04 Å². The predicted molar refractivity (Wildman–Crippen MR) is 73.8 cm³/mol. The lowest BCUT2D eigenvalue weighted by molar-refractivity contribution is 0.0918. The zero-order valence-corrected chi connectivity index (χ0v) is 11.2. The van der Waals surface area contributed by atoms with Crippen molar-refractivity contribution in [3.05, 3.63) is 28.8 Å². The zero-order valence-electron chi connectivity index (χ0n) is 10.4. The maximum absolute atomic E-state index is 12.1. The number of carbonyl (C=O) groups excluding carboxylic acids is 1. The van der Waals surface area contributed by atoms with Gasteiger partial charge >= 0.3 is 0 Å². The largest absolute Gasteiger partial charge is 0.397 e. The van der Waals surface area contributed by atoms with Gasteiger partial charge in [0.1, 0.15) is 0 Å². The molecule has 1 saturated heterocycles. The number of rotatable bonds is 2. The molecule has 0 unspecified atom stereocenters. The molecule has 1 aliphatic rings. The van der Waals surface area contributed by atoms with Crippen LogP contribution < -0.4 is 11.1 Å². The van der Waals surface area contributed by atoms with Gasteiger partial charge in [-0.3, -0.25) is 4.79 Å². The number of nitrogens with zero attached hydrogens (tertiary/aromatic N) is 1. The highest BCUT2D eigenvalue weighted by Gasteiger charge is 2.20. The summed E-state index contributed by atoms with van der Waals surface area (Å²) in [5.74, 6) is -0.135. The number of nitrogens with two attached hydrogens (primary N) is 1. The number of hydrogen-bond donors (Lipinski definition) is 2. The molecule has 1 aromatic carbocycles. The van der Waals surface area contributed by atoms with E-state index >= 15 is 0 Å². The summed E-state index contributed by atoms with van der Waals surface area (Å²) in [7, 11) is 2.09. The first-order chi connectivity index (χ1) is 8.58. The molecule has 5 heteroatoms. The molecule has 1 heterocycles. The molecule has 1 aliphatic heterocycles. The van der Waals surface area contributed by atoms with Crippen LogP contribution in [0.25, 0.3) is 0 Å². The zero-order chi connectivity index (χ0) is 13.1. The lowest BCUT2D eigenvalue weighted by Crippen LogP contribution is -2.43. The van der Waals surface area contributed by atoms with E-state index in [2.05, 4.69) is 17.3 Å². The van der Waals surface area contributed by atoms with Crippen LogP contribution in [0, 0.1) is 0 Å². The fourth-order valence-corrected chi connectivity index (χ4v) is 2.33. The second-order valence-corrected chi connectivity index (χ2v) is 5.16. The van der Waals surface area contributed by atoms with Gasteiger partial charge < -0.3 is 16.0 Å². The quantitative estimate of drug-likeness (QED) is 0.803. The van der Waals surface area contributed by atoms with Gasteiger partial charge in [-0.2, -0.15) is 0 Å². The number of anilines is 1. The average Bonchev–Trinajstić information content (AvgIpc) is 2.35. The van der Waals surface area contributed by atoms with E-state index in [1.54, 1.807) is 18.2 Å². The van der Waals surface area contributed by atoms with Crippen LogP contribution >= 0.6 is 11.6 Å². The van der Waals surface area contributed by atoms with Crippen molar-refractivity contribution in [1.82, 2.24) is 10.2 Å². The van der Waals surface area contributed by atoms with Crippen molar-refractivity contribution in [1.29, 1.82) is 0 Å². The van der Waals surface area contributed by atoms with Crippen molar-refractivity contribution >= 4 is 23.2 Å². The number of nitrogen functional groups attached to an aromatic ring is 1. The summed E-state index contributed by atoms with van der Waals surface area (Å²) >= 11 is 5.91. The summed E-state index contributed by atoms with van der Waals surface area (Å²) in [5, 5.41) is 3.44. The van der Waals surface area contributed by atoms with Crippen LogP contribution in [0.4, 0.5) is 5.69 Å². The molecule has 0 aromatic heterocycles. The average molecular weight is 268 g/mol. The van der Waals surface area contributed by atoms with E-state index in [0.717, 1.165) is 25.9 Å². The number of likely N-dealkylation sites (tertiary alicyclic amines) is 1. The summed E-state index contributed by atoms with van der Waals surface area (Å²) in [5.41, 5.74) is 6.62. The minimum Gasteiger partial charge on any atom is -0.397 e. The van der Waals surface area contributed by atoms with Gasteiger partial charge in [-0.05, 0) is 45.1 Å². The summed E-state index contributed by atoms with van der Waals surface area (Å²) in [6.07, 6.45) is 1.95. The molecular formula is C13H18ClN3O. The van der Waals surface area contributed by atoms with Gasteiger partial charge in [0.25, 0.3) is 5.91 Å². The number of halogens is 1. The number of hydrogen-bond acceptors (Lipinski definition) is 3. The molecule has 3 N–H and O–H groups in total. The molecule has 0 radical (unpaired) electrons. The Hall–Kier alpha value is -1.26. The van der Waals surface area contributed by atoms with E-state index < -0.39 is 0 Å². The molecule has 1 fully saturated rings. The Kier molecular flexibility index (Phi) is 4.09. The molecule has 18 heavy (non-hydrogen) atoms. The normalized spacial score (nSPS) is 17.7. The minimum absolute atomic E-state index is 0.135. The maximum Gasteiger partial charge on any atom is 0.253 e. The van der Waals surface area contributed by atoms with E-state index in [-0.39, 0.29) is 11.9 Å². The van der Waals surface area contributed by atoms with Gasteiger partial charge in [0.05, 0.1) is 16.3 Å². The number of piperidine rings is 1. The van der Waals surface area contributed by atoms with Crippen LogP contribution in [0.5, 0.6) is 0 Å². The number of amides is 1. The molecule has 0 spiro atoms. The fraction of sp³-hybridized carbons (Fsp3) is 0.462. The van der Waals surface area contributed by atoms with E-state index in [1.165, 1.54) is 0 Å². The summed E-state index contributed by atoms with van der Waals surface area (Å²) in [4.78, 5) is 14.4. The van der Waals surface area contributed by atoms with E-state index in [4.69, 9.17) is 17.3 Å². The van der Waals surface area contributed by atoms with Gasteiger partial charge in [-0.25, -0.2) is 0 Å². The first-order valence-corrected chi connectivity index (χ1v) is 6.49. The first kappa shape index (κ1) is 13.2. The van der Waals surface area contributed by atoms with Gasteiger partial charge in [0.2, 0.25) is 0 Å². The van der Waals surface area contributed by atoms with Crippen LogP contribution in [0.1, 0.15) is 23.2 Å². The van der Waals surface area contributed by atoms with Crippen LogP contribution in [0.15, 0.2) is 18.2 Å². The molecule has 0 saturated carbocycles. The molecule has 0 atom stereocenters. The predicted octanol–water partition coefficient (Wildman–Crippen LogP) is 1.75. The van der Waals surface area contributed by atoms with Gasteiger partial charge in [0.15, 0.2) is 0 Å². The number of benzene rings is 1. The molecule has 1 amide bonds. The van der Waals surface area contributed by atoms with Crippen LogP contribution in [0.3, 0.4) is 0 Å². The molecular weight excluding hydrogens is 250 g/mol. The third-order valence-electron chi connectivity index (χ3n) is 3.35. The molecule has 98 valence electrons. The third-order valence-corrected chi connectivity index (χ3v) is 3.68. The second-order valence-electron chi connectivity index (χ2n) is 4.75. The van der Waals surface area contributed by atoms with Crippen LogP contribution in [-0.2, 0) is 0 Å². The van der Waals surface area contributed by atoms with Crippen molar-refractivity contribution in [2.75, 3.05) is 25.9 Å². The topological polar surface area (TPSA) is 58.4 Å². The highest BCUT2D eigenvalue weighted by atomic mass is 35.5. The van der Waals surface area contributed by atoms with Gasteiger partial charge in [-0.1, -0.05) is 17.7 Å². The molecule has 0 aliphatic carbocycles. The first-order valence-electron chi connectivity index (χ1n) is 6.11. The van der Waals surface area contributed by atoms with E-state index in [1.807, 2.05) is 0 Å². The number of carbonyl (C=O) groups is 1. The van der Waals surface area contributed by atoms with Crippen LogP contribution in [-0.4, -0.2) is 37.0 Å². The highest BCUT2D eigenvalue weighted by molar-refractivity contribution is 6.33. The Balaban J connectivity index is 2.01. The smallest absolute Gasteiger partial charge is 0.253 e. The Morgan fingerprint density at radius 2 is 2.11 bits per heavy atom. The molecule has 4 nitrogen and oxygen atoms in total. The second kappa shape index (κ2) is 5.59. The maximum atomic E-state index is 12.1. The van der Waals surface area contributed by atoms with Crippen molar-refractivity contribution < 1.29 is 4.79 Å². The number of nitrogens with one attached hydrogen (secondary N) is 1. The lowest BCUT2D eigenvalue weighted by atomic mass is 10.0. The summed E-state index contributed by atoms with van der Waals surface area (Å²) in [6, 6.07) is 5.35. The Morgan fingerprint density at radius 3 is 2.78 bits per heavy atom. The van der Waals surface area contributed by atoms with Crippen molar-refractivity contribution in [3.63, 3.8) is 0 Å². The van der Waals surface area contributed by atoms with E-state index in [0.29, 0.717) is 16.3 Å². The van der Waals surface area contributed by atoms with Gasteiger partial charge in [-0.15, -0.1) is 0 Å². The van der Waals surface area contributed by atoms with Crippen molar-refractivity contribution in [2.24, 2.45) is 0 Å². The Morgan fingerprint density at radius 1 is 1.44 bits per heavy atom. The minimum atomic E-state index is -0.135. The van der Waals surface area contributed by atoms with Crippen molar-refractivity contribution in [3.8, 4) is 0 Å². The van der Waals surface area contributed by atoms with Crippen molar-refractivity contribution in [2.45, 2.75) is 18.9 Å². The van der Waals surface area contributed by atoms with Crippen LogP contribution in [0.2, 0.25) is 5.02 Å². The standard InChI is InChI=1S/C13H18ClN3O/c1-17-7-5-9(6-8-17)16-13(18)10-3-2-4-11(14)12(10)15/h2-4,9H,5-8,15H2,1H3,(H,16,18). The monoisotopic (exact) mass is 267 g/mol. The Labute approximate surface area is 112 Å². The highest BCUT2D eigenvalue weighted by Crippen LogP contribution is 2.22. The lowest BCUT2D eigenvalue weighted by Gasteiger charge is -2.29. The number of para-hydroxylation sites is 1. The summed E-state index contributed by atoms with van der Waals surface area (Å²) in [6.45, 7) is 2.02. The molecule has 0 bridgehead atoms. The molecule has 2 rings (SSSR count). The fourth-order valence-electron chi connectivity index (χ4n) is 2.15. The molecule has 1 aromatic rings. The Bertz CT molecular complexity index is 442.